The van der Waals surface area contributed by atoms with Gasteiger partial charge in [-0.2, -0.15) is 0 Å². The summed E-state index contributed by atoms with van der Waals surface area (Å²) in [5.74, 6) is 0. The van der Waals surface area contributed by atoms with Crippen LogP contribution in [0.5, 0.6) is 0 Å². The molecular weight excluding hydrogens is 176 g/mol. The first-order chi connectivity index (χ1) is 6.92. The second kappa shape index (κ2) is 3.37. The first-order valence-corrected chi connectivity index (χ1v) is 5.23. The molecule has 3 atom stereocenters. The van der Waals surface area contributed by atoms with E-state index in [0.29, 0.717) is 18.3 Å². The number of epoxide rings is 1. The van der Waals surface area contributed by atoms with Crippen molar-refractivity contribution < 1.29 is 9.47 Å². The maximum atomic E-state index is 5.81. The second-order valence-electron chi connectivity index (χ2n) is 4.10. The average molecular weight is 190 g/mol. The predicted octanol–water partition coefficient (Wildman–Crippen LogP) is 2.13. The number of rotatable bonds is 3. The maximum Gasteiger partial charge on any atom is 0.0867 e. The molecule has 14 heavy (non-hydrogen) atoms. The zero-order chi connectivity index (χ0) is 9.38. The molecule has 2 aliphatic rings. The summed E-state index contributed by atoms with van der Waals surface area (Å²) in [6.07, 6.45) is 3.67. The van der Waals surface area contributed by atoms with Gasteiger partial charge in [-0.3, -0.25) is 0 Å². The smallest absolute Gasteiger partial charge is 0.0867 e. The summed E-state index contributed by atoms with van der Waals surface area (Å²) >= 11 is 0. The Hall–Kier alpha value is -0.860. The van der Waals surface area contributed by atoms with E-state index in [1.165, 1.54) is 5.56 Å². The Morgan fingerprint density at radius 3 is 2.57 bits per heavy atom. The lowest BCUT2D eigenvalue weighted by atomic mass is 10.2. The molecule has 1 aromatic carbocycles. The van der Waals surface area contributed by atoms with Gasteiger partial charge >= 0.3 is 0 Å². The van der Waals surface area contributed by atoms with Crippen molar-refractivity contribution in [1.29, 1.82) is 0 Å². The van der Waals surface area contributed by atoms with Gasteiger partial charge in [-0.1, -0.05) is 30.3 Å². The zero-order valence-electron chi connectivity index (χ0n) is 8.06. The first kappa shape index (κ1) is 8.45. The third-order valence-electron chi connectivity index (χ3n) is 3.01. The Kier molecular flexibility index (Phi) is 2.03. The van der Waals surface area contributed by atoms with Crippen LogP contribution in [-0.4, -0.2) is 18.3 Å². The van der Waals surface area contributed by atoms with Crippen LogP contribution < -0.4 is 0 Å². The highest BCUT2D eigenvalue weighted by Crippen LogP contribution is 2.39. The summed E-state index contributed by atoms with van der Waals surface area (Å²) < 4.78 is 11.2. The van der Waals surface area contributed by atoms with Crippen molar-refractivity contribution in [3.05, 3.63) is 35.9 Å². The number of hydrogen-bond donors (Lipinski definition) is 0. The van der Waals surface area contributed by atoms with Crippen LogP contribution in [0.1, 0.15) is 18.4 Å². The average Bonchev–Trinajstić information content (AvgIpc) is 2.85. The highest BCUT2D eigenvalue weighted by atomic mass is 16.6. The molecule has 1 heterocycles. The molecule has 1 aliphatic heterocycles. The summed E-state index contributed by atoms with van der Waals surface area (Å²) in [6, 6.07) is 10.3. The summed E-state index contributed by atoms with van der Waals surface area (Å²) in [4.78, 5) is 0. The summed E-state index contributed by atoms with van der Waals surface area (Å²) in [7, 11) is 0. The number of benzene rings is 1. The molecular formula is C12H14O2. The molecule has 0 amide bonds. The molecule has 74 valence electrons. The molecule has 0 spiro atoms. The van der Waals surface area contributed by atoms with Crippen molar-refractivity contribution in [1.82, 2.24) is 0 Å². The monoisotopic (exact) mass is 190 g/mol. The van der Waals surface area contributed by atoms with Crippen LogP contribution in [0.25, 0.3) is 0 Å². The van der Waals surface area contributed by atoms with Crippen LogP contribution in [0.2, 0.25) is 0 Å². The zero-order valence-corrected chi connectivity index (χ0v) is 8.06. The predicted molar refractivity (Wildman–Crippen MR) is 52.9 cm³/mol. The second-order valence-corrected chi connectivity index (χ2v) is 4.10. The van der Waals surface area contributed by atoms with E-state index in [0.717, 1.165) is 19.4 Å². The van der Waals surface area contributed by atoms with Gasteiger partial charge in [0, 0.05) is 12.8 Å². The van der Waals surface area contributed by atoms with E-state index >= 15 is 0 Å². The van der Waals surface area contributed by atoms with Crippen LogP contribution >= 0.6 is 0 Å². The SMILES string of the molecule is c1ccc(CO[C@@H]2CC3O[C@@H]3C2)cc1. The fourth-order valence-electron chi connectivity index (χ4n) is 2.13. The van der Waals surface area contributed by atoms with Crippen molar-refractivity contribution in [2.24, 2.45) is 0 Å². The normalized spacial score (nSPS) is 34.1. The lowest BCUT2D eigenvalue weighted by Gasteiger charge is -2.12. The van der Waals surface area contributed by atoms with Crippen molar-refractivity contribution in [3.63, 3.8) is 0 Å². The third kappa shape index (κ3) is 1.68. The van der Waals surface area contributed by atoms with Crippen molar-refractivity contribution in [2.45, 2.75) is 37.8 Å². The minimum Gasteiger partial charge on any atom is -0.373 e. The first-order valence-electron chi connectivity index (χ1n) is 5.23. The highest BCUT2D eigenvalue weighted by molar-refractivity contribution is 5.13. The minimum atomic E-state index is 0.430. The summed E-state index contributed by atoms with van der Waals surface area (Å²) in [5.41, 5.74) is 1.26. The standard InChI is InChI=1S/C12H14O2/c1-2-4-9(5-3-1)8-13-10-6-11-12(7-10)14-11/h1-5,10-12H,6-8H2/t10-,11+,12?/m0/s1. The van der Waals surface area contributed by atoms with Gasteiger partial charge in [-0.05, 0) is 5.56 Å². The number of ether oxygens (including phenoxy) is 2. The van der Waals surface area contributed by atoms with E-state index in [1.807, 2.05) is 18.2 Å². The molecule has 1 unspecified atom stereocenters. The van der Waals surface area contributed by atoms with Crippen LogP contribution in [0, 0.1) is 0 Å². The number of hydrogen-bond acceptors (Lipinski definition) is 2. The third-order valence-corrected chi connectivity index (χ3v) is 3.01. The quantitative estimate of drug-likeness (QED) is 0.681. The highest BCUT2D eigenvalue weighted by Gasteiger charge is 2.48. The molecule has 1 aromatic rings. The Labute approximate surface area is 83.8 Å². The van der Waals surface area contributed by atoms with Gasteiger partial charge in [0.15, 0.2) is 0 Å². The van der Waals surface area contributed by atoms with Crippen LogP contribution in [0.4, 0.5) is 0 Å². The van der Waals surface area contributed by atoms with Crippen molar-refractivity contribution in [3.8, 4) is 0 Å². The van der Waals surface area contributed by atoms with Gasteiger partial charge in [0.1, 0.15) is 0 Å². The van der Waals surface area contributed by atoms with Crippen LogP contribution in [-0.2, 0) is 16.1 Å². The van der Waals surface area contributed by atoms with E-state index < -0.39 is 0 Å². The fourth-order valence-corrected chi connectivity index (χ4v) is 2.13. The van der Waals surface area contributed by atoms with Crippen molar-refractivity contribution >= 4 is 0 Å². The molecule has 0 bridgehead atoms. The Morgan fingerprint density at radius 1 is 1.14 bits per heavy atom. The van der Waals surface area contributed by atoms with E-state index in [1.54, 1.807) is 0 Å². The molecule has 0 N–H and O–H groups in total. The molecule has 0 aromatic heterocycles. The van der Waals surface area contributed by atoms with Gasteiger partial charge in [-0.25, -0.2) is 0 Å². The van der Waals surface area contributed by atoms with Gasteiger partial charge in [-0.15, -0.1) is 0 Å². The van der Waals surface area contributed by atoms with E-state index in [9.17, 15) is 0 Å². The number of fused-ring (bicyclic) bond motifs is 1. The molecule has 1 saturated carbocycles. The Balaban J connectivity index is 1.50. The van der Waals surface area contributed by atoms with Crippen LogP contribution in [0.3, 0.4) is 0 Å². The van der Waals surface area contributed by atoms with Crippen molar-refractivity contribution in [2.75, 3.05) is 0 Å². The van der Waals surface area contributed by atoms with Gasteiger partial charge in [0.05, 0.1) is 24.9 Å². The molecule has 1 aliphatic carbocycles. The lowest BCUT2D eigenvalue weighted by Crippen LogP contribution is -2.11. The molecule has 2 fully saturated rings. The molecule has 2 heteroatoms. The lowest BCUT2D eigenvalue weighted by molar-refractivity contribution is 0.0221. The molecule has 3 rings (SSSR count). The molecule has 0 radical (unpaired) electrons. The van der Waals surface area contributed by atoms with E-state index in [-0.39, 0.29) is 0 Å². The van der Waals surface area contributed by atoms with Crippen LogP contribution in [0.15, 0.2) is 30.3 Å². The molecule has 2 nitrogen and oxygen atoms in total. The maximum absolute atomic E-state index is 5.81. The fraction of sp³-hybridized carbons (Fsp3) is 0.500. The minimum absolute atomic E-state index is 0.430. The van der Waals surface area contributed by atoms with Gasteiger partial charge < -0.3 is 9.47 Å². The summed E-state index contributed by atoms with van der Waals surface area (Å²) in [5, 5.41) is 0. The summed E-state index contributed by atoms with van der Waals surface area (Å²) in [6.45, 7) is 0.741. The topological polar surface area (TPSA) is 21.8 Å². The molecule has 1 saturated heterocycles. The Morgan fingerprint density at radius 2 is 1.86 bits per heavy atom. The Bertz CT molecular complexity index is 299. The van der Waals surface area contributed by atoms with E-state index in [2.05, 4.69) is 12.1 Å². The van der Waals surface area contributed by atoms with Gasteiger partial charge in [0.2, 0.25) is 0 Å². The van der Waals surface area contributed by atoms with E-state index in [4.69, 9.17) is 9.47 Å². The largest absolute Gasteiger partial charge is 0.373 e. The van der Waals surface area contributed by atoms with Gasteiger partial charge in [0.25, 0.3) is 0 Å².